The van der Waals surface area contributed by atoms with Gasteiger partial charge in [0, 0.05) is 37.6 Å². The topological polar surface area (TPSA) is 40.5 Å². The van der Waals surface area contributed by atoms with Crippen molar-refractivity contribution in [1.29, 1.82) is 0 Å². The minimum atomic E-state index is -4.62. The van der Waals surface area contributed by atoms with Gasteiger partial charge in [0.15, 0.2) is 5.60 Å². The summed E-state index contributed by atoms with van der Waals surface area (Å²) in [4.78, 5) is 13.3. The zero-order chi connectivity index (χ0) is 14.0. The van der Waals surface area contributed by atoms with Gasteiger partial charge in [0.1, 0.15) is 0 Å². The molecule has 7 heteroatoms. The molecule has 1 heterocycles. The van der Waals surface area contributed by atoms with E-state index in [-0.39, 0.29) is 24.9 Å². The van der Waals surface area contributed by atoms with Crippen LogP contribution < -0.4 is 0 Å². The van der Waals surface area contributed by atoms with Gasteiger partial charge in [-0.05, 0) is 6.26 Å². The number of carbonyl (C=O) groups excluding carboxylic acids is 1. The zero-order valence-electron chi connectivity index (χ0n) is 10.5. The van der Waals surface area contributed by atoms with Crippen LogP contribution in [-0.4, -0.2) is 52.8 Å². The van der Waals surface area contributed by atoms with Crippen LogP contribution in [0.1, 0.15) is 19.8 Å². The summed E-state index contributed by atoms with van der Waals surface area (Å²) in [6.45, 7) is 1.70. The Morgan fingerprint density at radius 3 is 2.33 bits per heavy atom. The third-order valence-electron chi connectivity index (χ3n) is 3.27. The largest absolute Gasteiger partial charge is 0.417 e. The van der Waals surface area contributed by atoms with E-state index in [1.54, 1.807) is 6.92 Å². The van der Waals surface area contributed by atoms with Crippen LogP contribution in [0.25, 0.3) is 0 Å². The lowest BCUT2D eigenvalue weighted by atomic mass is 9.90. The van der Waals surface area contributed by atoms with Crippen molar-refractivity contribution in [2.24, 2.45) is 5.92 Å². The molecular weight excluding hydrogens is 267 g/mol. The standard InChI is InChI=1S/C11H18F3NO2S/c1-8(7-18-2)9(16)15-5-3-10(17,4-6-15)11(12,13)14/h8,17H,3-7H2,1-2H3. The molecule has 18 heavy (non-hydrogen) atoms. The number of hydrogen-bond donors (Lipinski definition) is 1. The molecule has 0 radical (unpaired) electrons. The van der Waals surface area contributed by atoms with Gasteiger partial charge in [-0.15, -0.1) is 0 Å². The average molecular weight is 285 g/mol. The van der Waals surface area contributed by atoms with E-state index >= 15 is 0 Å². The molecule has 1 atom stereocenters. The third-order valence-corrected chi connectivity index (χ3v) is 4.10. The SMILES string of the molecule is CSCC(C)C(=O)N1CCC(O)(C(F)(F)F)CC1. The summed E-state index contributed by atoms with van der Waals surface area (Å²) >= 11 is 1.53. The van der Waals surface area contributed by atoms with Crippen molar-refractivity contribution in [3.8, 4) is 0 Å². The van der Waals surface area contributed by atoms with Crippen LogP contribution in [-0.2, 0) is 4.79 Å². The lowest BCUT2D eigenvalue weighted by molar-refractivity contribution is -0.272. The molecular formula is C11H18F3NO2S. The maximum absolute atomic E-state index is 12.6. The molecule has 1 fully saturated rings. The second-order valence-corrected chi connectivity index (χ2v) is 5.62. The summed E-state index contributed by atoms with van der Waals surface area (Å²) in [5.41, 5.74) is -2.63. The molecule has 0 aromatic rings. The smallest absolute Gasteiger partial charge is 0.380 e. The van der Waals surface area contributed by atoms with E-state index in [0.29, 0.717) is 5.75 Å². The molecule has 1 rings (SSSR count). The average Bonchev–Trinajstić information content (AvgIpc) is 2.28. The van der Waals surface area contributed by atoms with Gasteiger partial charge >= 0.3 is 6.18 Å². The Morgan fingerprint density at radius 2 is 1.94 bits per heavy atom. The zero-order valence-corrected chi connectivity index (χ0v) is 11.3. The van der Waals surface area contributed by atoms with Gasteiger partial charge in [-0.25, -0.2) is 0 Å². The quantitative estimate of drug-likeness (QED) is 0.861. The number of aliphatic hydroxyl groups is 1. The molecule has 1 N–H and O–H groups in total. The Kier molecular flexibility index (Phi) is 4.94. The van der Waals surface area contributed by atoms with Crippen molar-refractivity contribution in [2.75, 3.05) is 25.1 Å². The summed E-state index contributed by atoms with van der Waals surface area (Å²) in [6, 6.07) is 0. The van der Waals surface area contributed by atoms with E-state index in [9.17, 15) is 23.1 Å². The fraction of sp³-hybridized carbons (Fsp3) is 0.909. The second-order valence-electron chi connectivity index (χ2n) is 4.71. The van der Waals surface area contributed by atoms with Crippen molar-refractivity contribution in [3.05, 3.63) is 0 Å². The minimum Gasteiger partial charge on any atom is -0.380 e. The first-order chi connectivity index (χ1) is 8.21. The summed E-state index contributed by atoms with van der Waals surface area (Å²) in [6.07, 6.45) is -3.61. The number of amides is 1. The number of halogens is 3. The van der Waals surface area contributed by atoms with Crippen molar-refractivity contribution in [2.45, 2.75) is 31.5 Å². The third kappa shape index (κ3) is 3.32. The van der Waals surface area contributed by atoms with Crippen LogP contribution in [0.3, 0.4) is 0 Å². The Morgan fingerprint density at radius 1 is 1.44 bits per heavy atom. The number of hydrogen-bond acceptors (Lipinski definition) is 3. The molecule has 0 aliphatic carbocycles. The van der Waals surface area contributed by atoms with Crippen LogP contribution in [0.15, 0.2) is 0 Å². The van der Waals surface area contributed by atoms with Crippen LogP contribution in [0.4, 0.5) is 13.2 Å². The lowest BCUT2D eigenvalue weighted by Crippen LogP contribution is -2.55. The van der Waals surface area contributed by atoms with Gasteiger partial charge in [-0.1, -0.05) is 6.92 Å². The fourth-order valence-electron chi connectivity index (χ4n) is 2.01. The van der Waals surface area contributed by atoms with Gasteiger partial charge in [0.05, 0.1) is 0 Å². The van der Waals surface area contributed by atoms with Crippen molar-refractivity contribution < 1.29 is 23.1 Å². The summed E-state index contributed by atoms with van der Waals surface area (Å²) < 4.78 is 37.7. The monoisotopic (exact) mass is 285 g/mol. The van der Waals surface area contributed by atoms with Gasteiger partial charge in [0.25, 0.3) is 0 Å². The highest BCUT2D eigenvalue weighted by molar-refractivity contribution is 7.98. The molecule has 0 saturated carbocycles. The van der Waals surface area contributed by atoms with Crippen molar-refractivity contribution in [3.63, 3.8) is 0 Å². The maximum Gasteiger partial charge on any atom is 0.417 e. The number of rotatable bonds is 3. The van der Waals surface area contributed by atoms with E-state index in [4.69, 9.17) is 0 Å². The van der Waals surface area contributed by atoms with Crippen LogP contribution >= 0.6 is 11.8 Å². The van der Waals surface area contributed by atoms with Gasteiger partial charge in [-0.3, -0.25) is 4.79 Å². The Hall–Kier alpha value is -0.430. The van der Waals surface area contributed by atoms with E-state index in [1.165, 1.54) is 16.7 Å². The molecule has 0 aromatic carbocycles. The summed E-state index contributed by atoms with van der Waals surface area (Å²) in [5, 5.41) is 9.48. The molecule has 1 unspecified atom stereocenters. The van der Waals surface area contributed by atoms with Gasteiger partial charge in [0.2, 0.25) is 5.91 Å². The van der Waals surface area contributed by atoms with Crippen molar-refractivity contribution in [1.82, 2.24) is 4.90 Å². The molecule has 1 aliphatic rings. The van der Waals surface area contributed by atoms with E-state index < -0.39 is 24.6 Å². The van der Waals surface area contributed by atoms with Gasteiger partial charge < -0.3 is 10.0 Å². The highest BCUT2D eigenvalue weighted by Gasteiger charge is 2.54. The maximum atomic E-state index is 12.6. The first kappa shape index (κ1) is 15.6. The van der Waals surface area contributed by atoms with E-state index in [1.807, 2.05) is 6.26 Å². The molecule has 0 bridgehead atoms. The predicted octanol–water partition coefficient (Wildman–Crippen LogP) is 1.90. The first-order valence-electron chi connectivity index (χ1n) is 5.78. The van der Waals surface area contributed by atoms with Crippen LogP contribution in [0.2, 0.25) is 0 Å². The minimum absolute atomic E-state index is 0.0342. The normalized spacial score (nSPS) is 21.8. The predicted molar refractivity (Wildman–Crippen MR) is 64.4 cm³/mol. The van der Waals surface area contributed by atoms with Crippen LogP contribution in [0, 0.1) is 5.92 Å². The fourth-order valence-corrected chi connectivity index (χ4v) is 2.66. The molecule has 0 spiro atoms. The Balaban J connectivity index is 2.56. The Bertz CT molecular complexity index is 301. The van der Waals surface area contributed by atoms with E-state index in [2.05, 4.69) is 0 Å². The molecule has 1 amide bonds. The number of carbonyl (C=O) groups is 1. The van der Waals surface area contributed by atoms with Gasteiger partial charge in [-0.2, -0.15) is 24.9 Å². The molecule has 1 aliphatic heterocycles. The first-order valence-corrected chi connectivity index (χ1v) is 7.17. The van der Waals surface area contributed by atoms with Crippen molar-refractivity contribution >= 4 is 17.7 Å². The molecule has 0 aromatic heterocycles. The number of piperidine rings is 1. The molecule has 106 valence electrons. The summed E-state index contributed by atoms with van der Waals surface area (Å²) in [5.74, 6) is 0.324. The molecule has 3 nitrogen and oxygen atoms in total. The highest BCUT2D eigenvalue weighted by atomic mass is 32.2. The van der Waals surface area contributed by atoms with E-state index in [0.717, 1.165) is 0 Å². The summed E-state index contributed by atoms with van der Waals surface area (Å²) in [7, 11) is 0. The second kappa shape index (κ2) is 5.69. The number of thioether (sulfide) groups is 1. The van der Waals surface area contributed by atoms with Crippen LogP contribution in [0.5, 0.6) is 0 Å². The lowest BCUT2D eigenvalue weighted by Gasteiger charge is -2.39. The molecule has 1 saturated heterocycles. The number of likely N-dealkylation sites (tertiary alicyclic amines) is 1. The number of nitrogens with zero attached hydrogens (tertiary/aromatic N) is 1. The number of alkyl halides is 3. The highest BCUT2D eigenvalue weighted by Crippen LogP contribution is 2.38. The Labute approximate surface area is 109 Å².